The predicted molar refractivity (Wildman–Crippen MR) is 99.9 cm³/mol. The van der Waals surface area contributed by atoms with Crippen LogP contribution in [0.3, 0.4) is 0 Å². The van der Waals surface area contributed by atoms with Crippen molar-refractivity contribution in [2.75, 3.05) is 23.7 Å². The largest absolute Gasteiger partial charge is 0.365 e. The molecule has 27 heavy (non-hydrogen) atoms. The number of rotatable bonds is 6. The lowest BCUT2D eigenvalue weighted by molar-refractivity contribution is 0.0792. The van der Waals surface area contributed by atoms with E-state index in [0.29, 0.717) is 17.4 Å². The summed E-state index contributed by atoms with van der Waals surface area (Å²) in [5.74, 6) is -0.0294. The fraction of sp³-hybridized carbons (Fsp3) is 0.389. The molecule has 1 aliphatic carbocycles. The minimum Gasteiger partial charge on any atom is -0.365 e. The van der Waals surface area contributed by atoms with E-state index in [2.05, 4.69) is 25.8 Å². The summed E-state index contributed by atoms with van der Waals surface area (Å²) in [5, 5.41) is 14.0. The van der Waals surface area contributed by atoms with E-state index >= 15 is 0 Å². The van der Waals surface area contributed by atoms with Gasteiger partial charge in [-0.3, -0.25) is 9.59 Å². The predicted octanol–water partition coefficient (Wildman–Crippen LogP) is 1.52. The Morgan fingerprint density at radius 3 is 2.41 bits per heavy atom. The van der Waals surface area contributed by atoms with Crippen LogP contribution in [0.25, 0.3) is 0 Å². The van der Waals surface area contributed by atoms with Gasteiger partial charge in [-0.25, -0.2) is 0 Å². The minimum atomic E-state index is -0.672. The second-order valence-corrected chi connectivity index (χ2v) is 6.82. The van der Waals surface area contributed by atoms with Gasteiger partial charge in [0, 0.05) is 30.4 Å². The number of aromatic nitrogens is 3. The molecule has 1 aromatic carbocycles. The molecule has 1 saturated carbocycles. The van der Waals surface area contributed by atoms with Gasteiger partial charge in [0.2, 0.25) is 5.95 Å². The molecular weight excluding hydrogens is 346 g/mol. The molecule has 140 valence electrons. The normalized spacial score (nSPS) is 16.2. The van der Waals surface area contributed by atoms with E-state index in [9.17, 15) is 9.59 Å². The number of carbonyl (C=O) groups excluding carboxylic acids is 2. The minimum absolute atomic E-state index is 0.0269. The molecule has 9 heteroatoms. The fourth-order valence-electron chi connectivity index (χ4n) is 2.99. The Morgan fingerprint density at radius 2 is 1.78 bits per heavy atom. The van der Waals surface area contributed by atoms with Crippen LogP contribution in [0, 0.1) is 0 Å². The summed E-state index contributed by atoms with van der Waals surface area (Å²) in [4.78, 5) is 30.1. The number of carbonyl (C=O) groups is 2. The molecule has 2 amide bonds. The number of hydrogen-bond acceptors (Lipinski definition) is 7. The number of likely N-dealkylation sites (tertiary alicyclic amines) is 1. The number of primary amides is 1. The number of benzene rings is 1. The maximum Gasteiger partial charge on any atom is 0.273 e. The van der Waals surface area contributed by atoms with Gasteiger partial charge in [-0.05, 0) is 49.9 Å². The first-order chi connectivity index (χ1) is 13.1. The molecule has 0 unspecified atom stereocenters. The first kappa shape index (κ1) is 17.2. The highest BCUT2D eigenvalue weighted by Gasteiger charge is 2.25. The van der Waals surface area contributed by atoms with Gasteiger partial charge >= 0.3 is 0 Å². The van der Waals surface area contributed by atoms with Crippen molar-refractivity contribution in [3.05, 3.63) is 35.5 Å². The molecule has 9 nitrogen and oxygen atoms in total. The zero-order valence-electron chi connectivity index (χ0n) is 14.8. The van der Waals surface area contributed by atoms with Crippen molar-refractivity contribution < 1.29 is 9.59 Å². The first-order valence-electron chi connectivity index (χ1n) is 9.07. The van der Waals surface area contributed by atoms with E-state index in [1.165, 1.54) is 0 Å². The number of nitrogens with two attached hydrogens (primary N) is 1. The third-order valence-corrected chi connectivity index (χ3v) is 4.62. The van der Waals surface area contributed by atoms with E-state index in [-0.39, 0.29) is 17.5 Å². The third-order valence-electron chi connectivity index (χ3n) is 4.62. The highest BCUT2D eigenvalue weighted by molar-refractivity contribution is 5.96. The molecule has 2 fully saturated rings. The van der Waals surface area contributed by atoms with Gasteiger partial charge in [0.1, 0.15) is 0 Å². The Bertz CT molecular complexity index is 859. The lowest BCUT2D eigenvalue weighted by Crippen LogP contribution is -2.27. The molecule has 2 aromatic rings. The molecule has 4 N–H and O–H groups in total. The van der Waals surface area contributed by atoms with E-state index in [0.717, 1.165) is 44.5 Å². The molecule has 0 atom stereocenters. The van der Waals surface area contributed by atoms with Crippen LogP contribution >= 0.6 is 0 Å². The maximum atomic E-state index is 12.4. The lowest BCUT2D eigenvalue weighted by atomic mass is 10.2. The van der Waals surface area contributed by atoms with Gasteiger partial charge in [-0.1, -0.05) is 0 Å². The standard InChI is InChI=1S/C18H21N7O2/c19-15(26)14-16(20-12-7-8-12)22-18(24-23-14)21-13-5-3-11(4-6-13)17(27)25-9-1-2-10-25/h3-6,12H,1-2,7-10H2,(H2,19,26)(H2,20,21,22,24). The third kappa shape index (κ3) is 3.97. The van der Waals surface area contributed by atoms with Gasteiger partial charge < -0.3 is 21.3 Å². The average Bonchev–Trinajstić information content (AvgIpc) is 3.31. The Labute approximate surface area is 156 Å². The number of hydrogen-bond donors (Lipinski definition) is 3. The fourth-order valence-corrected chi connectivity index (χ4v) is 2.99. The maximum absolute atomic E-state index is 12.4. The Balaban J connectivity index is 1.48. The summed E-state index contributed by atoms with van der Waals surface area (Å²) in [6, 6.07) is 7.43. The summed E-state index contributed by atoms with van der Waals surface area (Å²) >= 11 is 0. The van der Waals surface area contributed by atoms with Crippen molar-refractivity contribution in [3.8, 4) is 0 Å². The summed E-state index contributed by atoms with van der Waals surface area (Å²) in [5.41, 5.74) is 6.73. The van der Waals surface area contributed by atoms with Gasteiger partial charge in [-0.15, -0.1) is 10.2 Å². The Hall–Kier alpha value is -3.23. The molecular formula is C18H21N7O2. The van der Waals surface area contributed by atoms with Crippen molar-refractivity contribution >= 4 is 29.3 Å². The van der Waals surface area contributed by atoms with Crippen molar-refractivity contribution in [2.24, 2.45) is 5.73 Å². The van der Waals surface area contributed by atoms with Gasteiger partial charge in [0.15, 0.2) is 11.5 Å². The molecule has 0 bridgehead atoms. The van der Waals surface area contributed by atoms with Gasteiger partial charge in [0.25, 0.3) is 11.8 Å². The lowest BCUT2D eigenvalue weighted by Gasteiger charge is -2.15. The monoisotopic (exact) mass is 367 g/mol. The molecule has 2 heterocycles. The number of amides is 2. The summed E-state index contributed by atoms with van der Waals surface area (Å²) in [6.45, 7) is 1.64. The van der Waals surface area contributed by atoms with E-state index in [1.54, 1.807) is 24.3 Å². The Morgan fingerprint density at radius 1 is 1.07 bits per heavy atom. The first-order valence-corrected chi connectivity index (χ1v) is 9.07. The topological polar surface area (TPSA) is 126 Å². The van der Waals surface area contributed by atoms with Crippen LogP contribution in [-0.2, 0) is 0 Å². The van der Waals surface area contributed by atoms with Crippen LogP contribution in [0.15, 0.2) is 24.3 Å². The van der Waals surface area contributed by atoms with Crippen molar-refractivity contribution in [2.45, 2.75) is 31.7 Å². The smallest absolute Gasteiger partial charge is 0.273 e. The zero-order chi connectivity index (χ0) is 18.8. The molecule has 4 rings (SSSR count). The second kappa shape index (κ2) is 7.18. The molecule has 1 aromatic heterocycles. The van der Waals surface area contributed by atoms with Crippen LogP contribution in [0.5, 0.6) is 0 Å². The van der Waals surface area contributed by atoms with Crippen molar-refractivity contribution in [3.63, 3.8) is 0 Å². The molecule has 2 aliphatic rings. The highest BCUT2D eigenvalue weighted by atomic mass is 16.2. The van der Waals surface area contributed by atoms with Crippen molar-refractivity contribution in [1.82, 2.24) is 20.1 Å². The van der Waals surface area contributed by atoms with Crippen LogP contribution in [0.2, 0.25) is 0 Å². The number of nitrogens with zero attached hydrogens (tertiary/aromatic N) is 4. The summed E-state index contributed by atoms with van der Waals surface area (Å²) in [7, 11) is 0. The molecule has 1 saturated heterocycles. The number of anilines is 3. The zero-order valence-corrected chi connectivity index (χ0v) is 14.8. The summed E-state index contributed by atoms with van der Waals surface area (Å²) < 4.78 is 0. The molecule has 0 spiro atoms. The van der Waals surface area contributed by atoms with E-state index in [1.807, 2.05) is 4.90 Å². The van der Waals surface area contributed by atoms with Crippen LogP contribution in [0.1, 0.15) is 46.5 Å². The average molecular weight is 367 g/mol. The quantitative estimate of drug-likeness (QED) is 0.706. The van der Waals surface area contributed by atoms with Crippen molar-refractivity contribution in [1.29, 1.82) is 0 Å². The molecule has 1 aliphatic heterocycles. The second-order valence-electron chi connectivity index (χ2n) is 6.82. The highest BCUT2D eigenvalue weighted by Crippen LogP contribution is 2.25. The number of nitrogens with one attached hydrogen (secondary N) is 2. The van der Waals surface area contributed by atoms with E-state index < -0.39 is 5.91 Å². The van der Waals surface area contributed by atoms with Gasteiger partial charge in [-0.2, -0.15) is 4.98 Å². The molecule has 0 radical (unpaired) electrons. The SMILES string of the molecule is NC(=O)c1nnc(Nc2ccc(C(=O)N3CCCC3)cc2)nc1NC1CC1. The van der Waals surface area contributed by atoms with Crippen LogP contribution in [-0.4, -0.2) is 51.0 Å². The van der Waals surface area contributed by atoms with Gasteiger partial charge in [0.05, 0.1) is 0 Å². The van der Waals surface area contributed by atoms with E-state index in [4.69, 9.17) is 5.73 Å². The summed E-state index contributed by atoms with van der Waals surface area (Å²) in [6.07, 6.45) is 4.18. The Kier molecular flexibility index (Phi) is 4.57. The van der Waals surface area contributed by atoms with Crippen LogP contribution in [0.4, 0.5) is 17.5 Å². The van der Waals surface area contributed by atoms with Crippen LogP contribution < -0.4 is 16.4 Å².